The fourth-order valence-electron chi connectivity index (χ4n) is 1.11. The number of hydroxylamine groups is 1. The normalized spacial score (nSPS) is 17.0. The summed E-state index contributed by atoms with van der Waals surface area (Å²) in [5.74, 6) is 0. The predicted molar refractivity (Wildman–Crippen MR) is 45.0 cm³/mol. The molecule has 0 aromatic carbocycles. The molecule has 0 bridgehead atoms. The fraction of sp³-hybridized carbons (Fsp3) is 0.857. The van der Waals surface area contributed by atoms with Gasteiger partial charge in [-0.1, -0.05) is 0 Å². The van der Waals surface area contributed by atoms with Crippen molar-refractivity contribution in [1.29, 1.82) is 0 Å². The molecular formula is C7H12F3N3O2. The highest BCUT2D eigenvalue weighted by atomic mass is 19.4. The highest BCUT2D eigenvalue weighted by Gasteiger charge is 2.27. The molecule has 5 nitrogen and oxygen atoms in total. The lowest BCUT2D eigenvalue weighted by atomic mass is 10.5. The minimum absolute atomic E-state index is 0.170. The molecule has 0 atom stereocenters. The number of carbonyl (C=O) groups is 1. The number of carbonyl (C=O) groups excluding carboxylic acids is 1. The van der Waals surface area contributed by atoms with Crippen molar-refractivity contribution in [2.45, 2.75) is 6.18 Å². The molecule has 8 heteroatoms. The van der Waals surface area contributed by atoms with Gasteiger partial charge in [-0.2, -0.15) is 13.2 Å². The summed E-state index contributed by atoms with van der Waals surface area (Å²) < 4.78 is 34.8. The highest BCUT2D eigenvalue weighted by molar-refractivity contribution is 5.76. The van der Waals surface area contributed by atoms with Gasteiger partial charge in [0.25, 0.3) is 0 Å². The Kier molecular flexibility index (Phi) is 4.15. The average molecular weight is 227 g/mol. The molecule has 1 rings (SSSR count). The number of hydrogen-bond donors (Lipinski definition) is 2. The van der Waals surface area contributed by atoms with Crippen LogP contribution in [0.4, 0.5) is 18.0 Å². The van der Waals surface area contributed by atoms with Crippen LogP contribution in [0.15, 0.2) is 0 Å². The number of amides is 2. The van der Waals surface area contributed by atoms with Crippen LogP contribution in [0.5, 0.6) is 0 Å². The summed E-state index contributed by atoms with van der Waals surface area (Å²) in [4.78, 5) is 16.6. The average Bonchev–Trinajstić information content (AvgIpc) is 2.49. The third-order valence-corrected chi connectivity index (χ3v) is 1.77. The summed E-state index contributed by atoms with van der Waals surface area (Å²) in [5.41, 5.74) is 2.15. The zero-order valence-electron chi connectivity index (χ0n) is 7.93. The lowest BCUT2D eigenvalue weighted by molar-refractivity contribution is -0.189. The zero-order chi connectivity index (χ0) is 11.3. The lowest BCUT2D eigenvalue weighted by Gasteiger charge is -2.14. The molecular weight excluding hydrogens is 215 g/mol. The molecule has 0 aliphatic carbocycles. The number of nitrogens with one attached hydrogen (secondary N) is 2. The third-order valence-electron chi connectivity index (χ3n) is 1.77. The zero-order valence-corrected chi connectivity index (χ0v) is 7.93. The van der Waals surface area contributed by atoms with Gasteiger partial charge in [0.1, 0.15) is 0 Å². The van der Waals surface area contributed by atoms with Gasteiger partial charge in [0.2, 0.25) is 0 Å². The van der Waals surface area contributed by atoms with Gasteiger partial charge in [-0.3, -0.25) is 4.84 Å². The summed E-state index contributed by atoms with van der Waals surface area (Å²) >= 11 is 0. The van der Waals surface area contributed by atoms with E-state index in [1.807, 2.05) is 0 Å². The Morgan fingerprint density at radius 2 is 2.27 bits per heavy atom. The molecule has 1 aliphatic heterocycles. The van der Waals surface area contributed by atoms with Crippen molar-refractivity contribution in [3.63, 3.8) is 0 Å². The topological polar surface area (TPSA) is 53.6 Å². The van der Waals surface area contributed by atoms with Crippen LogP contribution >= 0.6 is 0 Å². The second kappa shape index (κ2) is 5.17. The van der Waals surface area contributed by atoms with E-state index in [4.69, 9.17) is 0 Å². The van der Waals surface area contributed by atoms with Crippen molar-refractivity contribution in [2.75, 3.05) is 32.8 Å². The summed E-state index contributed by atoms with van der Waals surface area (Å²) in [7, 11) is 0. The van der Waals surface area contributed by atoms with Crippen molar-refractivity contribution >= 4 is 6.03 Å². The summed E-state index contributed by atoms with van der Waals surface area (Å²) in [6, 6.07) is -0.201. The minimum Gasteiger partial charge on any atom is -0.336 e. The predicted octanol–water partition coefficient (Wildman–Crippen LogP) is 0.0951. The summed E-state index contributed by atoms with van der Waals surface area (Å²) in [5, 5.41) is 2.57. The molecule has 2 N–H and O–H groups in total. The Labute approximate surface area is 84.5 Å². The van der Waals surface area contributed by atoms with Gasteiger partial charge in [0, 0.05) is 26.2 Å². The molecule has 1 fully saturated rings. The first-order valence-electron chi connectivity index (χ1n) is 4.43. The largest absolute Gasteiger partial charge is 0.413 e. The fourth-order valence-corrected chi connectivity index (χ4v) is 1.11. The van der Waals surface area contributed by atoms with E-state index in [0.717, 1.165) is 0 Å². The molecule has 88 valence electrons. The Balaban J connectivity index is 2.00. The van der Waals surface area contributed by atoms with Crippen LogP contribution in [-0.2, 0) is 4.84 Å². The van der Waals surface area contributed by atoms with E-state index < -0.39 is 12.8 Å². The maximum absolute atomic E-state index is 11.6. The number of urea groups is 1. The molecule has 2 amide bonds. The second-order valence-corrected chi connectivity index (χ2v) is 3.02. The minimum atomic E-state index is -4.34. The van der Waals surface area contributed by atoms with E-state index in [1.54, 1.807) is 0 Å². The monoisotopic (exact) mass is 227 g/mol. The van der Waals surface area contributed by atoms with Crippen LogP contribution in [-0.4, -0.2) is 49.9 Å². The molecule has 1 aliphatic rings. The lowest BCUT2D eigenvalue weighted by Crippen LogP contribution is -2.35. The molecule has 0 unspecified atom stereocenters. The maximum Gasteiger partial charge on any atom is 0.413 e. The molecule has 0 aromatic rings. The molecule has 1 heterocycles. The van der Waals surface area contributed by atoms with Gasteiger partial charge in [0.15, 0.2) is 6.61 Å². The van der Waals surface area contributed by atoms with E-state index in [1.165, 1.54) is 4.90 Å². The molecule has 0 spiro atoms. The summed E-state index contributed by atoms with van der Waals surface area (Å²) in [6.45, 7) is 0.300. The maximum atomic E-state index is 11.6. The van der Waals surface area contributed by atoms with Crippen LogP contribution < -0.4 is 10.8 Å². The van der Waals surface area contributed by atoms with E-state index in [2.05, 4.69) is 15.6 Å². The Bertz CT molecular complexity index is 222. The van der Waals surface area contributed by atoms with Crippen LogP contribution in [0.1, 0.15) is 0 Å². The van der Waals surface area contributed by atoms with Gasteiger partial charge in [-0.05, 0) is 0 Å². The van der Waals surface area contributed by atoms with Crippen molar-refractivity contribution in [1.82, 2.24) is 15.7 Å². The van der Waals surface area contributed by atoms with E-state index >= 15 is 0 Å². The van der Waals surface area contributed by atoms with Gasteiger partial charge in [0.05, 0.1) is 0 Å². The SMILES string of the molecule is O=C1NCCN1CCNOCC(F)(F)F. The van der Waals surface area contributed by atoms with Gasteiger partial charge in [-0.15, -0.1) is 0 Å². The first-order valence-corrected chi connectivity index (χ1v) is 4.43. The second-order valence-electron chi connectivity index (χ2n) is 3.02. The molecule has 0 aromatic heterocycles. The molecule has 0 saturated carbocycles. The van der Waals surface area contributed by atoms with Gasteiger partial charge >= 0.3 is 12.2 Å². The number of hydrogen-bond acceptors (Lipinski definition) is 3. The summed E-state index contributed by atoms with van der Waals surface area (Å²) in [6.07, 6.45) is -4.34. The number of halogens is 3. The molecule has 15 heavy (non-hydrogen) atoms. The number of nitrogens with zero attached hydrogens (tertiary/aromatic N) is 1. The Hall–Kier alpha value is -1.02. The van der Waals surface area contributed by atoms with Crippen molar-refractivity contribution in [3.8, 4) is 0 Å². The van der Waals surface area contributed by atoms with Crippen LogP contribution in [0.25, 0.3) is 0 Å². The smallest absolute Gasteiger partial charge is 0.336 e. The van der Waals surface area contributed by atoms with Crippen LogP contribution in [0, 0.1) is 0 Å². The Morgan fingerprint density at radius 3 is 2.80 bits per heavy atom. The van der Waals surface area contributed by atoms with Gasteiger partial charge < -0.3 is 10.2 Å². The quantitative estimate of drug-likeness (QED) is 0.517. The first kappa shape index (κ1) is 12.1. The highest BCUT2D eigenvalue weighted by Crippen LogP contribution is 2.13. The van der Waals surface area contributed by atoms with Crippen molar-refractivity contribution in [3.05, 3.63) is 0 Å². The number of rotatable bonds is 5. The van der Waals surface area contributed by atoms with Crippen molar-refractivity contribution in [2.24, 2.45) is 0 Å². The molecule has 0 radical (unpaired) electrons. The standard InChI is InChI=1S/C7H12F3N3O2/c8-7(9,10)5-15-12-2-4-13-3-1-11-6(13)14/h12H,1-5H2,(H,11,14). The molecule has 1 saturated heterocycles. The van der Waals surface area contributed by atoms with E-state index in [-0.39, 0.29) is 12.6 Å². The van der Waals surface area contributed by atoms with Crippen LogP contribution in [0.3, 0.4) is 0 Å². The Morgan fingerprint density at radius 1 is 1.53 bits per heavy atom. The van der Waals surface area contributed by atoms with Crippen LogP contribution in [0.2, 0.25) is 0 Å². The van der Waals surface area contributed by atoms with Gasteiger partial charge in [-0.25, -0.2) is 10.3 Å². The third kappa shape index (κ3) is 4.84. The number of alkyl halides is 3. The van der Waals surface area contributed by atoms with E-state index in [0.29, 0.717) is 19.6 Å². The first-order chi connectivity index (χ1) is 6.99. The van der Waals surface area contributed by atoms with E-state index in [9.17, 15) is 18.0 Å². The van der Waals surface area contributed by atoms with Crippen molar-refractivity contribution < 1.29 is 22.8 Å².